The van der Waals surface area contributed by atoms with E-state index in [-0.39, 0.29) is 0 Å². The molecule has 0 saturated heterocycles. The Balaban J connectivity index is 2.47. The molecule has 0 heterocycles. The lowest BCUT2D eigenvalue weighted by molar-refractivity contribution is 0.0229. The zero-order chi connectivity index (χ0) is 10.0. The average molecular weight is 190 g/mol. The fourth-order valence-electron chi connectivity index (χ4n) is 2.43. The molecule has 0 spiro atoms. The summed E-state index contributed by atoms with van der Waals surface area (Å²) in [4.78, 5) is 0. The minimum atomic E-state index is -0.562. The SMILES string of the molecule is CC[C@@]1(O)CCCCc2ccccc21. The smallest absolute Gasteiger partial charge is 0.0896 e. The third-order valence-electron chi connectivity index (χ3n) is 3.39. The molecule has 0 unspecified atom stereocenters. The first-order valence-corrected chi connectivity index (χ1v) is 5.57. The van der Waals surface area contributed by atoms with E-state index in [1.807, 2.05) is 6.07 Å². The van der Waals surface area contributed by atoms with Crippen LogP contribution in [0.25, 0.3) is 0 Å². The van der Waals surface area contributed by atoms with Crippen LogP contribution in [0, 0.1) is 0 Å². The summed E-state index contributed by atoms with van der Waals surface area (Å²) in [5.41, 5.74) is 1.95. The highest BCUT2D eigenvalue weighted by Gasteiger charge is 2.30. The summed E-state index contributed by atoms with van der Waals surface area (Å²) in [6, 6.07) is 8.34. The van der Waals surface area contributed by atoms with Crippen molar-refractivity contribution in [1.29, 1.82) is 0 Å². The molecule has 1 aliphatic rings. The summed E-state index contributed by atoms with van der Waals surface area (Å²) in [5, 5.41) is 10.5. The second-order valence-electron chi connectivity index (χ2n) is 4.25. The van der Waals surface area contributed by atoms with Gasteiger partial charge in [-0.3, -0.25) is 0 Å². The molecular weight excluding hydrogens is 172 g/mol. The Bertz CT molecular complexity index is 319. The van der Waals surface area contributed by atoms with Gasteiger partial charge < -0.3 is 5.11 Å². The summed E-state index contributed by atoms with van der Waals surface area (Å²) >= 11 is 0. The van der Waals surface area contributed by atoms with Crippen molar-refractivity contribution in [1.82, 2.24) is 0 Å². The van der Waals surface area contributed by atoms with Crippen LogP contribution in [0.5, 0.6) is 0 Å². The molecule has 0 aromatic heterocycles. The highest BCUT2D eigenvalue weighted by molar-refractivity contribution is 5.33. The van der Waals surface area contributed by atoms with Crippen LogP contribution in [0.3, 0.4) is 0 Å². The predicted molar refractivity (Wildman–Crippen MR) is 58.2 cm³/mol. The van der Waals surface area contributed by atoms with Gasteiger partial charge in [0.05, 0.1) is 5.60 Å². The fraction of sp³-hybridized carbons (Fsp3) is 0.538. The van der Waals surface area contributed by atoms with Crippen LogP contribution in [0.15, 0.2) is 24.3 Å². The van der Waals surface area contributed by atoms with Gasteiger partial charge in [0.2, 0.25) is 0 Å². The van der Waals surface area contributed by atoms with Crippen molar-refractivity contribution in [2.24, 2.45) is 0 Å². The molecule has 76 valence electrons. The topological polar surface area (TPSA) is 20.2 Å². The molecule has 0 fully saturated rings. The molecule has 14 heavy (non-hydrogen) atoms. The third kappa shape index (κ3) is 1.57. The van der Waals surface area contributed by atoms with Gasteiger partial charge in [-0.25, -0.2) is 0 Å². The molecule has 0 bridgehead atoms. The van der Waals surface area contributed by atoms with Crippen molar-refractivity contribution in [3.8, 4) is 0 Å². The maximum atomic E-state index is 10.5. The van der Waals surface area contributed by atoms with Crippen LogP contribution in [0.2, 0.25) is 0 Å². The maximum absolute atomic E-state index is 10.5. The van der Waals surface area contributed by atoms with Gasteiger partial charge >= 0.3 is 0 Å². The van der Waals surface area contributed by atoms with Crippen LogP contribution >= 0.6 is 0 Å². The minimum absolute atomic E-state index is 0.562. The summed E-state index contributed by atoms with van der Waals surface area (Å²) in [5.74, 6) is 0. The molecule has 1 aliphatic carbocycles. The van der Waals surface area contributed by atoms with Crippen molar-refractivity contribution in [3.63, 3.8) is 0 Å². The lowest BCUT2D eigenvalue weighted by atomic mass is 9.86. The van der Waals surface area contributed by atoms with E-state index in [1.54, 1.807) is 0 Å². The summed E-state index contributed by atoms with van der Waals surface area (Å²) in [7, 11) is 0. The molecule has 1 atom stereocenters. The van der Waals surface area contributed by atoms with E-state index >= 15 is 0 Å². The van der Waals surface area contributed by atoms with E-state index in [4.69, 9.17) is 0 Å². The summed E-state index contributed by atoms with van der Waals surface area (Å²) < 4.78 is 0. The summed E-state index contributed by atoms with van der Waals surface area (Å²) in [6.07, 6.45) is 5.21. The van der Waals surface area contributed by atoms with Crippen LogP contribution in [0.1, 0.15) is 43.7 Å². The van der Waals surface area contributed by atoms with Crippen molar-refractivity contribution in [2.45, 2.75) is 44.6 Å². The number of hydrogen-bond donors (Lipinski definition) is 1. The first-order chi connectivity index (χ1) is 6.76. The first-order valence-electron chi connectivity index (χ1n) is 5.57. The second kappa shape index (κ2) is 3.74. The Morgan fingerprint density at radius 3 is 2.86 bits per heavy atom. The van der Waals surface area contributed by atoms with Gasteiger partial charge in [0, 0.05) is 0 Å². The van der Waals surface area contributed by atoms with Gasteiger partial charge in [0.1, 0.15) is 0 Å². The largest absolute Gasteiger partial charge is 0.385 e. The monoisotopic (exact) mass is 190 g/mol. The lowest BCUT2D eigenvalue weighted by Crippen LogP contribution is -2.24. The fourth-order valence-corrected chi connectivity index (χ4v) is 2.43. The molecule has 0 radical (unpaired) electrons. The minimum Gasteiger partial charge on any atom is -0.385 e. The Labute approximate surface area is 85.8 Å². The molecule has 1 nitrogen and oxygen atoms in total. The highest BCUT2D eigenvalue weighted by Crippen LogP contribution is 2.36. The second-order valence-corrected chi connectivity index (χ2v) is 4.25. The van der Waals surface area contributed by atoms with Gasteiger partial charge in [-0.1, -0.05) is 31.2 Å². The average Bonchev–Trinajstić information content (AvgIpc) is 2.40. The maximum Gasteiger partial charge on any atom is 0.0896 e. The highest BCUT2D eigenvalue weighted by atomic mass is 16.3. The van der Waals surface area contributed by atoms with Crippen LogP contribution in [0.4, 0.5) is 0 Å². The molecule has 1 N–H and O–H groups in total. The van der Waals surface area contributed by atoms with Crippen LogP contribution in [-0.4, -0.2) is 5.11 Å². The third-order valence-corrected chi connectivity index (χ3v) is 3.39. The normalized spacial score (nSPS) is 26.7. The molecule has 0 saturated carbocycles. The summed E-state index contributed by atoms with van der Waals surface area (Å²) in [6.45, 7) is 2.07. The van der Waals surface area contributed by atoms with Gasteiger partial charge in [0.15, 0.2) is 0 Å². The van der Waals surface area contributed by atoms with Crippen LogP contribution < -0.4 is 0 Å². The number of rotatable bonds is 1. The molecule has 1 heteroatoms. The number of aliphatic hydroxyl groups is 1. The van der Waals surface area contributed by atoms with E-state index in [9.17, 15) is 5.11 Å². The van der Waals surface area contributed by atoms with E-state index < -0.39 is 5.60 Å². The zero-order valence-electron chi connectivity index (χ0n) is 8.79. The lowest BCUT2D eigenvalue weighted by Gasteiger charge is -2.27. The van der Waals surface area contributed by atoms with Crippen molar-refractivity contribution < 1.29 is 5.11 Å². The standard InChI is InChI=1S/C13H18O/c1-2-13(14)10-6-5-8-11-7-3-4-9-12(11)13/h3-4,7,9,14H,2,5-6,8,10H2,1H3/t13-/m1/s1. The number of hydrogen-bond acceptors (Lipinski definition) is 1. The van der Waals surface area contributed by atoms with Crippen molar-refractivity contribution in [2.75, 3.05) is 0 Å². The predicted octanol–water partition coefficient (Wildman–Crippen LogP) is 3.01. The Morgan fingerprint density at radius 1 is 1.29 bits per heavy atom. The molecule has 0 amide bonds. The molecule has 1 aromatic carbocycles. The van der Waals surface area contributed by atoms with Gasteiger partial charge in [-0.05, 0) is 43.2 Å². The Kier molecular flexibility index (Phi) is 2.60. The van der Waals surface area contributed by atoms with Gasteiger partial charge in [-0.15, -0.1) is 0 Å². The zero-order valence-corrected chi connectivity index (χ0v) is 8.79. The van der Waals surface area contributed by atoms with Crippen LogP contribution in [-0.2, 0) is 12.0 Å². The van der Waals surface area contributed by atoms with E-state index in [0.29, 0.717) is 0 Å². The quantitative estimate of drug-likeness (QED) is 0.675. The number of benzene rings is 1. The van der Waals surface area contributed by atoms with E-state index in [0.717, 1.165) is 25.7 Å². The van der Waals surface area contributed by atoms with Gasteiger partial charge in [0.25, 0.3) is 0 Å². The van der Waals surface area contributed by atoms with E-state index in [1.165, 1.54) is 17.5 Å². The van der Waals surface area contributed by atoms with Crippen molar-refractivity contribution in [3.05, 3.63) is 35.4 Å². The van der Waals surface area contributed by atoms with E-state index in [2.05, 4.69) is 25.1 Å². The molecule has 1 aromatic rings. The molecular formula is C13H18O. The number of aryl methyl sites for hydroxylation is 1. The number of fused-ring (bicyclic) bond motifs is 1. The molecule has 2 rings (SSSR count). The Morgan fingerprint density at radius 2 is 2.07 bits per heavy atom. The Hall–Kier alpha value is -0.820. The first kappa shape index (κ1) is 9.72. The van der Waals surface area contributed by atoms with Gasteiger partial charge in [-0.2, -0.15) is 0 Å². The van der Waals surface area contributed by atoms with Crippen molar-refractivity contribution >= 4 is 0 Å². The molecule has 0 aliphatic heterocycles.